The molecular formula is C16H13ClF3NO4. The van der Waals surface area contributed by atoms with Gasteiger partial charge in [0.1, 0.15) is 16.5 Å². The fourth-order valence-electron chi connectivity index (χ4n) is 2.14. The molecule has 0 aliphatic rings. The maximum absolute atomic E-state index is 12.9. The maximum Gasteiger partial charge on any atom is 0.417 e. The van der Waals surface area contributed by atoms with Crippen LogP contribution in [0.3, 0.4) is 0 Å². The highest BCUT2D eigenvalue weighted by atomic mass is 35.5. The highest BCUT2D eigenvalue weighted by Crippen LogP contribution is 2.30. The van der Waals surface area contributed by atoms with E-state index < -0.39 is 34.6 Å². The van der Waals surface area contributed by atoms with E-state index in [1.165, 1.54) is 26.4 Å². The van der Waals surface area contributed by atoms with Crippen LogP contribution < -0.4 is 15.0 Å². The van der Waals surface area contributed by atoms with E-state index in [9.17, 15) is 22.8 Å². The Bertz CT molecular complexity index is 861. The van der Waals surface area contributed by atoms with Crippen LogP contribution in [0.2, 0.25) is 5.02 Å². The molecule has 5 nitrogen and oxygen atoms in total. The number of ketones is 1. The van der Waals surface area contributed by atoms with Crippen LogP contribution in [0.25, 0.3) is 0 Å². The lowest BCUT2D eigenvalue weighted by Gasteiger charge is -2.13. The fraction of sp³-hybridized carbons (Fsp3) is 0.250. The molecule has 9 heteroatoms. The van der Waals surface area contributed by atoms with Crippen molar-refractivity contribution in [1.82, 2.24) is 4.57 Å². The molecule has 134 valence electrons. The third-order valence-corrected chi connectivity index (χ3v) is 3.66. The lowest BCUT2D eigenvalue weighted by atomic mass is 10.1. The second-order valence-corrected chi connectivity index (χ2v) is 5.40. The number of rotatable bonds is 5. The molecule has 25 heavy (non-hydrogen) atoms. The summed E-state index contributed by atoms with van der Waals surface area (Å²) in [6.45, 7) is -0.633. The van der Waals surface area contributed by atoms with Crippen LogP contribution in [0.5, 0.6) is 11.5 Å². The van der Waals surface area contributed by atoms with Crippen molar-refractivity contribution in [3.63, 3.8) is 0 Å². The third-order valence-electron chi connectivity index (χ3n) is 3.39. The molecule has 1 heterocycles. The molecule has 0 amide bonds. The molecule has 1 aromatic carbocycles. The molecule has 0 saturated heterocycles. The van der Waals surface area contributed by atoms with Crippen molar-refractivity contribution in [2.24, 2.45) is 0 Å². The molecule has 0 N–H and O–H groups in total. The molecule has 2 aromatic rings. The minimum atomic E-state index is -4.70. The van der Waals surface area contributed by atoms with Gasteiger partial charge in [0.05, 0.1) is 31.9 Å². The predicted molar refractivity (Wildman–Crippen MR) is 84.6 cm³/mol. The molecule has 0 unspecified atom stereocenters. The predicted octanol–water partition coefficient (Wildman–Crippen LogP) is 3.42. The van der Waals surface area contributed by atoms with Crippen molar-refractivity contribution in [2.75, 3.05) is 14.2 Å². The number of carbonyl (C=O) groups is 1. The van der Waals surface area contributed by atoms with Crippen LogP contribution in [0, 0.1) is 0 Å². The summed E-state index contributed by atoms with van der Waals surface area (Å²) in [7, 11) is 2.74. The summed E-state index contributed by atoms with van der Waals surface area (Å²) in [6.07, 6.45) is -4.14. The van der Waals surface area contributed by atoms with E-state index in [1.54, 1.807) is 6.07 Å². The van der Waals surface area contributed by atoms with Gasteiger partial charge in [-0.25, -0.2) is 0 Å². The number of ether oxygens (including phenoxy) is 2. The van der Waals surface area contributed by atoms with E-state index >= 15 is 0 Å². The number of carbonyl (C=O) groups excluding carboxylic acids is 1. The number of benzene rings is 1. The second kappa shape index (κ2) is 7.18. The summed E-state index contributed by atoms with van der Waals surface area (Å²) >= 11 is 5.57. The topological polar surface area (TPSA) is 57.5 Å². The van der Waals surface area contributed by atoms with Gasteiger partial charge in [0.25, 0.3) is 5.56 Å². The number of Topliss-reactive ketones (excluding diaryl/α,β-unsaturated/α-hetero) is 1. The van der Waals surface area contributed by atoms with Gasteiger partial charge >= 0.3 is 6.18 Å². The first kappa shape index (κ1) is 18.9. The minimum absolute atomic E-state index is 0.0716. The Morgan fingerprint density at radius 3 is 2.44 bits per heavy atom. The van der Waals surface area contributed by atoms with E-state index in [0.29, 0.717) is 22.6 Å². The number of alkyl halides is 3. The first-order chi connectivity index (χ1) is 11.7. The minimum Gasteiger partial charge on any atom is -0.497 e. The molecule has 0 bridgehead atoms. The molecule has 0 fully saturated rings. The van der Waals surface area contributed by atoms with Gasteiger partial charge in [-0.05, 0) is 24.3 Å². The van der Waals surface area contributed by atoms with Crippen LogP contribution in [0.4, 0.5) is 13.2 Å². The zero-order valence-corrected chi connectivity index (χ0v) is 13.9. The van der Waals surface area contributed by atoms with Gasteiger partial charge in [0.2, 0.25) is 0 Å². The number of pyridine rings is 1. The number of aromatic nitrogens is 1. The number of hydrogen-bond acceptors (Lipinski definition) is 4. The van der Waals surface area contributed by atoms with Crippen LogP contribution in [0.15, 0.2) is 35.3 Å². The normalized spacial score (nSPS) is 11.3. The monoisotopic (exact) mass is 375 g/mol. The van der Waals surface area contributed by atoms with E-state index in [-0.39, 0.29) is 11.3 Å². The summed E-state index contributed by atoms with van der Waals surface area (Å²) in [6, 6.07) is 4.94. The zero-order chi connectivity index (χ0) is 18.8. The summed E-state index contributed by atoms with van der Waals surface area (Å²) < 4.78 is 49.3. The lowest BCUT2D eigenvalue weighted by molar-refractivity contribution is -0.138. The number of methoxy groups -OCH3 is 2. The summed E-state index contributed by atoms with van der Waals surface area (Å²) in [5, 5.41) is -0.625. The van der Waals surface area contributed by atoms with Crippen molar-refractivity contribution in [3.05, 3.63) is 57.0 Å². The number of halogens is 4. The third kappa shape index (κ3) is 4.14. The van der Waals surface area contributed by atoms with Crippen LogP contribution in [-0.2, 0) is 12.7 Å². The average molecular weight is 376 g/mol. The van der Waals surface area contributed by atoms with Crippen LogP contribution >= 0.6 is 11.6 Å². The van der Waals surface area contributed by atoms with Gasteiger partial charge in [-0.3, -0.25) is 9.59 Å². The largest absolute Gasteiger partial charge is 0.497 e. The van der Waals surface area contributed by atoms with Gasteiger partial charge in [-0.15, -0.1) is 0 Å². The molecule has 0 aliphatic heterocycles. The lowest BCUT2D eigenvalue weighted by Crippen LogP contribution is -2.26. The van der Waals surface area contributed by atoms with Crippen LogP contribution in [-0.4, -0.2) is 24.6 Å². The molecular weight excluding hydrogens is 363 g/mol. The van der Waals surface area contributed by atoms with Gasteiger partial charge in [-0.2, -0.15) is 13.2 Å². The number of hydrogen-bond donors (Lipinski definition) is 0. The molecule has 0 saturated carbocycles. The first-order valence-electron chi connectivity index (χ1n) is 6.89. The Labute approximate surface area is 145 Å². The van der Waals surface area contributed by atoms with Crippen molar-refractivity contribution in [1.29, 1.82) is 0 Å². The smallest absolute Gasteiger partial charge is 0.417 e. The summed E-state index contributed by atoms with van der Waals surface area (Å²) in [4.78, 5) is 24.4. The summed E-state index contributed by atoms with van der Waals surface area (Å²) in [5.74, 6) is -0.0660. The Kier molecular flexibility index (Phi) is 5.42. The van der Waals surface area contributed by atoms with Crippen molar-refractivity contribution in [2.45, 2.75) is 12.7 Å². The molecule has 1 aromatic heterocycles. The van der Waals surface area contributed by atoms with Crippen molar-refractivity contribution in [3.8, 4) is 11.5 Å². The quantitative estimate of drug-likeness (QED) is 0.751. The zero-order valence-electron chi connectivity index (χ0n) is 13.2. The van der Waals surface area contributed by atoms with E-state index in [4.69, 9.17) is 21.1 Å². The highest BCUT2D eigenvalue weighted by Gasteiger charge is 2.32. The highest BCUT2D eigenvalue weighted by molar-refractivity contribution is 6.30. The van der Waals surface area contributed by atoms with Crippen molar-refractivity contribution >= 4 is 17.4 Å². The maximum atomic E-state index is 12.9. The fourth-order valence-corrected chi connectivity index (χ4v) is 2.37. The molecule has 0 atom stereocenters. The van der Waals surface area contributed by atoms with Gasteiger partial charge in [0.15, 0.2) is 5.78 Å². The standard InChI is InChI=1S/C16H13ClF3NO4/c1-24-10-3-4-14(25-2)11(6-10)13(22)8-21-7-9(16(18,19)20)5-12(17)15(21)23/h3-7H,8H2,1-2H3. The van der Waals surface area contributed by atoms with Gasteiger partial charge in [-0.1, -0.05) is 11.6 Å². The summed E-state index contributed by atoms with van der Waals surface area (Å²) in [5.41, 5.74) is -1.95. The van der Waals surface area contributed by atoms with Gasteiger partial charge < -0.3 is 14.0 Å². The van der Waals surface area contributed by atoms with E-state index in [1.807, 2.05) is 0 Å². The van der Waals surface area contributed by atoms with E-state index in [2.05, 4.69) is 0 Å². The van der Waals surface area contributed by atoms with Gasteiger partial charge in [0, 0.05) is 6.20 Å². The SMILES string of the molecule is COc1ccc(OC)c(C(=O)Cn2cc(C(F)(F)F)cc(Cl)c2=O)c1. The van der Waals surface area contributed by atoms with Crippen LogP contribution in [0.1, 0.15) is 15.9 Å². The van der Waals surface area contributed by atoms with Crippen molar-refractivity contribution < 1.29 is 27.4 Å². The number of nitrogens with zero attached hydrogens (tertiary/aromatic N) is 1. The molecule has 0 spiro atoms. The second-order valence-electron chi connectivity index (χ2n) is 5.00. The first-order valence-corrected chi connectivity index (χ1v) is 7.27. The Balaban J connectivity index is 2.45. The Morgan fingerprint density at radius 2 is 1.88 bits per heavy atom. The average Bonchev–Trinajstić information content (AvgIpc) is 2.57. The molecule has 0 aliphatic carbocycles. The Hall–Kier alpha value is -2.48. The molecule has 2 rings (SSSR count). The molecule has 0 radical (unpaired) electrons. The Morgan fingerprint density at radius 1 is 1.20 bits per heavy atom. The van der Waals surface area contributed by atoms with E-state index in [0.717, 1.165) is 0 Å².